The maximum Gasteiger partial charge on any atom is 0.258 e. The molecule has 0 aromatic heterocycles. The summed E-state index contributed by atoms with van der Waals surface area (Å²) in [6.07, 6.45) is 1.27. The zero-order valence-corrected chi connectivity index (χ0v) is 17.0. The maximum atomic E-state index is 13.2. The Morgan fingerprint density at radius 2 is 1.90 bits per heavy atom. The lowest BCUT2D eigenvalue weighted by Gasteiger charge is -2.29. The van der Waals surface area contributed by atoms with Crippen LogP contribution in [0.4, 0.5) is 5.69 Å². The third-order valence-electron chi connectivity index (χ3n) is 6.20. The SMILES string of the molecule is COc1ccc2c(c1)CCN2C(=O)c1ccc2c(c1)CN(C1CCC(=O)NC1=O)C2=O. The van der Waals surface area contributed by atoms with Gasteiger partial charge in [-0.1, -0.05) is 0 Å². The number of anilines is 1. The van der Waals surface area contributed by atoms with Crippen molar-refractivity contribution in [2.75, 3.05) is 18.6 Å². The van der Waals surface area contributed by atoms with Gasteiger partial charge in [-0.2, -0.15) is 0 Å². The number of methoxy groups -OCH3 is 1. The predicted octanol–water partition coefficient (Wildman–Crippen LogP) is 1.66. The summed E-state index contributed by atoms with van der Waals surface area (Å²) in [6, 6.07) is 10.1. The smallest absolute Gasteiger partial charge is 0.258 e. The Labute approximate surface area is 178 Å². The molecule has 0 bridgehead atoms. The van der Waals surface area contributed by atoms with E-state index in [0.717, 1.165) is 29.0 Å². The Morgan fingerprint density at radius 1 is 1.06 bits per heavy atom. The number of amides is 4. The first-order valence-corrected chi connectivity index (χ1v) is 10.2. The molecule has 0 spiro atoms. The fraction of sp³-hybridized carbons (Fsp3) is 0.304. The van der Waals surface area contributed by atoms with Gasteiger partial charge in [-0.3, -0.25) is 24.5 Å². The molecule has 3 aliphatic heterocycles. The number of fused-ring (bicyclic) bond motifs is 2. The summed E-state index contributed by atoms with van der Waals surface area (Å²) in [5, 5.41) is 2.30. The lowest BCUT2D eigenvalue weighted by Crippen LogP contribution is -2.52. The summed E-state index contributed by atoms with van der Waals surface area (Å²) >= 11 is 0. The molecule has 1 fully saturated rings. The molecule has 1 saturated heterocycles. The molecule has 0 aliphatic carbocycles. The Morgan fingerprint density at radius 3 is 2.68 bits per heavy atom. The van der Waals surface area contributed by atoms with E-state index in [2.05, 4.69) is 5.32 Å². The Kier molecular flexibility index (Phi) is 4.50. The first-order chi connectivity index (χ1) is 15.0. The second kappa shape index (κ2) is 7.23. The molecule has 1 N–H and O–H groups in total. The number of piperidine rings is 1. The standard InChI is InChI=1S/C23H21N3O5/c1-31-16-3-5-18-13(11-16)8-9-25(18)22(29)14-2-4-17-15(10-14)12-26(23(17)30)19-6-7-20(27)24-21(19)28/h2-5,10-11,19H,6-9,12H2,1H3,(H,24,27,28). The van der Waals surface area contributed by atoms with Gasteiger partial charge in [0.05, 0.1) is 7.11 Å². The van der Waals surface area contributed by atoms with Crippen LogP contribution in [-0.4, -0.2) is 48.2 Å². The summed E-state index contributed by atoms with van der Waals surface area (Å²) in [7, 11) is 1.61. The van der Waals surface area contributed by atoms with Crippen LogP contribution in [0, 0.1) is 0 Å². The average molecular weight is 419 g/mol. The van der Waals surface area contributed by atoms with Crippen LogP contribution in [0.5, 0.6) is 5.75 Å². The van der Waals surface area contributed by atoms with Crippen LogP contribution in [-0.2, 0) is 22.6 Å². The molecule has 3 heterocycles. The third kappa shape index (κ3) is 3.15. The molecule has 1 atom stereocenters. The molecule has 2 aromatic carbocycles. The molecule has 1 unspecified atom stereocenters. The molecule has 8 heteroatoms. The first kappa shape index (κ1) is 19.3. The highest BCUT2D eigenvalue weighted by Crippen LogP contribution is 2.33. The maximum absolute atomic E-state index is 13.2. The van der Waals surface area contributed by atoms with Crippen LogP contribution in [0.15, 0.2) is 36.4 Å². The summed E-state index contributed by atoms with van der Waals surface area (Å²) < 4.78 is 5.27. The van der Waals surface area contributed by atoms with Gasteiger partial charge in [0.2, 0.25) is 11.8 Å². The molecule has 31 heavy (non-hydrogen) atoms. The van der Waals surface area contributed by atoms with Gasteiger partial charge in [-0.15, -0.1) is 0 Å². The molecule has 158 valence electrons. The van der Waals surface area contributed by atoms with E-state index < -0.39 is 11.9 Å². The number of hydrogen-bond donors (Lipinski definition) is 1. The Balaban J connectivity index is 1.38. The minimum absolute atomic E-state index is 0.126. The van der Waals surface area contributed by atoms with Crippen LogP contribution in [0.3, 0.4) is 0 Å². The number of benzene rings is 2. The number of carbonyl (C=O) groups is 4. The van der Waals surface area contributed by atoms with E-state index in [0.29, 0.717) is 24.1 Å². The van der Waals surface area contributed by atoms with Crippen LogP contribution >= 0.6 is 0 Å². The highest BCUT2D eigenvalue weighted by Gasteiger charge is 2.39. The van der Waals surface area contributed by atoms with E-state index in [1.807, 2.05) is 18.2 Å². The minimum Gasteiger partial charge on any atom is -0.497 e. The van der Waals surface area contributed by atoms with E-state index >= 15 is 0 Å². The monoisotopic (exact) mass is 419 g/mol. The van der Waals surface area contributed by atoms with Crippen molar-refractivity contribution >= 4 is 29.3 Å². The summed E-state index contributed by atoms with van der Waals surface area (Å²) in [4.78, 5) is 52.9. The largest absolute Gasteiger partial charge is 0.497 e. The molecule has 2 aromatic rings. The zero-order valence-electron chi connectivity index (χ0n) is 17.0. The predicted molar refractivity (Wildman–Crippen MR) is 111 cm³/mol. The van der Waals surface area contributed by atoms with Crippen molar-refractivity contribution < 1.29 is 23.9 Å². The summed E-state index contributed by atoms with van der Waals surface area (Å²) in [5.74, 6) is -0.377. The Bertz CT molecular complexity index is 1140. The number of carbonyl (C=O) groups excluding carboxylic acids is 4. The highest BCUT2D eigenvalue weighted by atomic mass is 16.5. The van der Waals surface area contributed by atoms with Gasteiger partial charge in [0.15, 0.2) is 0 Å². The normalized spacial score (nSPS) is 19.9. The first-order valence-electron chi connectivity index (χ1n) is 10.2. The highest BCUT2D eigenvalue weighted by molar-refractivity contribution is 6.09. The molecule has 0 saturated carbocycles. The van der Waals surface area contributed by atoms with Crippen molar-refractivity contribution in [3.63, 3.8) is 0 Å². The van der Waals surface area contributed by atoms with E-state index in [9.17, 15) is 19.2 Å². The van der Waals surface area contributed by atoms with Gasteiger partial charge < -0.3 is 14.5 Å². The van der Waals surface area contributed by atoms with Crippen molar-refractivity contribution in [3.8, 4) is 5.75 Å². The van der Waals surface area contributed by atoms with Crippen molar-refractivity contribution in [2.24, 2.45) is 0 Å². The number of imide groups is 1. The molecular weight excluding hydrogens is 398 g/mol. The van der Waals surface area contributed by atoms with Crippen LogP contribution < -0.4 is 15.0 Å². The van der Waals surface area contributed by atoms with E-state index in [1.165, 1.54) is 4.90 Å². The number of nitrogens with zero attached hydrogens (tertiary/aromatic N) is 2. The lowest BCUT2D eigenvalue weighted by molar-refractivity contribution is -0.136. The second-order valence-corrected chi connectivity index (χ2v) is 7.97. The Hall–Kier alpha value is -3.68. The van der Waals surface area contributed by atoms with Gasteiger partial charge in [-0.05, 0) is 60.4 Å². The van der Waals surface area contributed by atoms with E-state index in [4.69, 9.17) is 4.74 Å². The third-order valence-corrected chi connectivity index (χ3v) is 6.20. The topological polar surface area (TPSA) is 96.0 Å². The summed E-state index contributed by atoms with van der Waals surface area (Å²) in [5.41, 5.74) is 3.64. The quantitative estimate of drug-likeness (QED) is 0.764. The van der Waals surface area contributed by atoms with Gasteiger partial charge >= 0.3 is 0 Å². The van der Waals surface area contributed by atoms with Gasteiger partial charge in [0.1, 0.15) is 11.8 Å². The molecule has 4 amide bonds. The van der Waals surface area contributed by atoms with E-state index in [-0.39, 0.29) is 30.7 Å². The molecule has 0 radical (unpaired) electrons. The lowest BCUT2D eigenvalue weighted by atomic mass is 10.0. The van der Waals surface area contributed by atoms with Crippen molar-refractivity contribution in [2.45, 2.75) is 31.8 Å². The van der Waals surface area contributed by atoms with Gasteiger partial charge in [0, 0.05) is 36.3 Å². The van der Waals surface area contributed by atoms with E-state index in [1.54, 1.807) is 30.2 Å². The van der Waals surface area contributed by atoms with Crippen molar-refractivity contribution in [1.82, 2.24) is 10.2 Å². The fourth-order valence-electron chi connectivity index (χ4n) is 4.58. The fourth-order valence-corrected chi connectivity index (χ4v) is 4.58. The molecular formula is C23H21N3O5. The number of hydrogen-bond acceptors (Lipinski definition) is 5. The molecule has 3 aliphatic rings. The van der Waals surface area contributed by atoms with Crippen LogP contribution in [0.1, 0.15) is 44.7 Å². The number of ether oxygens (including phenoxy) is 1. The molecule has 8 nitrogen and oxygen atoms in total. The molecule has 5 rings (SSSR count). The average Bonchev–Trinajstić information content (AvgIpc) is 3.33. The number of rotatable bonds is 3. The second-order valence-electron chi connectivity index (χ2n) is 7.97. The van der Waals surface area contributed by atoms with Crippen LogP contribution in [0.2, 0.25) is 0 Å². The minimum atomic E-state index is -0.669. The van der Waals surface area contributed by atoms with Crippen molar-refractivity contribution in [3.05, 3.63) is 58.7 Å². The number of nitrogens with one attached hydrogen (secondary N) is 1. The van der Waals surface area contributed by atoms with Crippen molar-refractivity contribution in [1.29, 1.82) is 0 Å². The zero-order chi connectivity index (χ0) is 21.7. The van der Waals surface area contributed by atoms with Gasteiger partial charge in [0.25, 0.3) is 11.8 Å². The summed E-state index contributed by atoms with van der Waals surface area (Å²) in [6.45, 7) is 0.828. The van der Waals surface area contributed by atoms with Crippen LogP contribution in [0.25, 0.3) is 0 Å². The van der Waals surface area contributed by atoms with Gasteiger partial charge in [-0.25, -0.2) is 0 Å².